The molecule has 21 heavy (non-hydrogen) atoms. The second-order valence-corrected chi connectivity index (χ2v) is 7.63. The van der Waals surface area contributed by atoms with Gasteiger partial charge in [0.05, 0.1) is 0 Å². The zero-order valence-electron chi connectivity index (χ0n) is 12.3. The molecule has 0 unspecified atom stereocenters. The Kier molecular flexibility index (Phi) is 1.90. The van der Waals surface area contributed by atoms with Crippen LogP contribution in [-0.2, 0) is 0 Å². The average Bonchev–Trinajstić information content (AvgIpc) is 3.16. The van der Waals surface area contributed by atoms with Crippen LogP contribution in [0.4, 0.5) is 0 Å². The SMILES string of the molecule is c1ccc2c(c1)[C@H]1CC[C@H]2c2cc3c(cc21)[C@H]1CC[C@H]3C1. The Morgan fingerprint density at radius 3 is 1.62 bits per heavy atom. The molecule has 5 aliphatic carbocycles. The molecule has 0 heterocycles. The third-order valence-corrected chi connectivity index (χ3v) is 6.84. The van der Waals surface area contributed by atoms with Gasteiger partial charge in [-0.2, -0.15) is 0 Å². The Labute approximate surface area is 126 Å². The molecule has 0 nitrogen and oxygen atoms in total. The van der Waals surface area contributed by atoms with Crippen molar-refractivity contribution in [2.45, 2.75) is 55.8 Å². The molecule has 0 N–H and O–H groups in total. The Hall–Kier alpha value is -1.56. The number of hydrogen-bond donors (Lipinski definition) is 0. The molecule has 4 bridgehead atoms. The minimum atomic E-state index is 0.686. The zero-order valence-corrected chi connectivity index (χ0v) is 12.3. The van der Waals surface area contributed by atoms with Crippen molar-refractivity contribution < 1.29 is 0 Å². The van der Waals surface area contributed by atoms with Crippen molar-refractivity contribution in [2.24, 2.45) is 0 Å². The van der Waals surface area contributed by atoms with E-state index in [-0.39, 0.29) is 0 Å². The van der Waals surface area contributed by atoms with Crippen LogP contribution in [0.1, 0.15) is 89.2 Å². The maximum Gasteiger partial charge on any atom is 0.00956 e. The number of fused-ring (bicyclic) bond motifs is 6. The Bertz CT molecular complexity index is 706. The van der Waals surface area contributed by atoms with Gasteiger partial charge in [0.1, 0.15) is 0 Å². The van der Waals surface area contributed by atoms with Gasteiger partial charge < -0.3 is 0 Å². The fourth-order valence-corrected chi connectivity index (χ4v) is 5.96. The fraction of sp³-hybridized carbons (Fsp3) is 0.429. The molecule has 7 rings (SSSR count). The molecule has 5 aliphatic rings. The van der Waals surface area contributed by atoms with Gasteiger partial charge >= 0.3 is 0 Å². The van der Waals surface area contributed by atoms with Gasteiger partial charge in [-0.05, 0) is 77.3 Å². The van der Waals surface area contributed by atoms with Crippen LogP contribution < -0.4 is 0 Å². The minimum absolute atomic E-state index is 0.686. The second-order valence-electron chi connectivity index (χ2n) is 7.63. The molecule has 0 saturated heterocycles. The predicted molar refractivity (Wildman–Crippen MR) is 85.1 cm³/mol. The lowest BCUT2D eigenvalue weighted by molar-refractivity contribution is 0.517. The van der Waals surface area contributed by atoms with E-state index in [1.54, 1.807) is 33.4 Å². The highest BCUT2D eigenvalue weighted by Crippen LogP contribution is 2.58. The summed E-state index contributed by atoms with van der Waals surface area (Å²) in [6.45, 7) is 0. The summed E-state index contributed by atoms with van der Waals surface area (Å²) in [6.07, 6.45) is 7.06. The first kappa shape index (κ1) is 11.1. The van der Waals surface area contributed by atoms with E-state index < -0.39 is 0 Å². The quantitative estimate of drug-likeness (QED) is 0.600. The van der Waals surface area contributed by atoms with Crippen molar-refractivity contribution in [1.82, 2.24) is 0 Å². The largest absolute Gasteiger partial charge is 0.0620 e. The molecule has 104 valence electrons. The number of benzene rings is 2. The number of hydrogen-bond acceptors (Lipinski definition) is 0. The lowest BCUT2D eigenvalue weighted by atomic mass is 9.63. The molecule has 0 radical (unpaired) electrons. The monoisotopic (exact) mass is 272 g/mol. The molecule has 0 aliphatic heterocycles. The molecule has 4 atom stereocenters. The van der Waals surface area contributed by atoms with Crippen molar-refractivity contribution in [3.05, 3.63) is 69.8 Å². The van der Waals surface area contributed by atoms with Gasteiger partial charge in [-0.15, -0.1) is 0 Å². The molecular formula is C21H20. The van der Waals surface area contributed by atoms with Gasteiger partial charge in [-0.3, -0.25) is 0 Å². The van der Waals surface area contributed by atoms with Gasteiger partial charge in [-0.1, -0.05) is 36.4 Å². The number of rotatable bonds is 0. The van der Waals surface area contributed by atoms with Crippen molar-refractivity contribution in [1.29, 1.82) is 0 Å². The topological polar surface area (TPSA) is 0 Å². The van der Waals surface area contributed by atoms with Gasteiger partial charge in [0, 0.05) is 11.8 Å². The van der Waals surface area contributed by atoms with Crippen LogP contribution in [0, 0.1) is 0 Å². The lowest BCUT2D eigenvalue weighted by Crippen LogP contribution is -2.25. The standard InChI is InChI=1S/C21H20/c1-2-4-15-14(3-1)16-7-8-17(15)21-11-19-13-6-5-12(9-13)18(19)10-20(16)21/h1-4,10-13,16-17H,5-9H2/t12-,13-,16+,17+/m0/s1. The second kappa shape index (κ2) is 3.61. The summed E-state index contributed by atoms with van der Waals surface area (Å²) in [4.78, 5) is 0. The van der Waals surface area contributed by atoms with Crippen LogP contribution >= 0.6 is 0 Å². The van der Waals surface area contributed by atoms with E-state index in [2.05, 4.69) is 36.4 Å². The van der Waals surface area contributed by atoms with Crippen LogP contribution in [0.3, 0.4) is 0 Å². The molecule has 2 aromatic carbocycles. The van der Waals surface area contributed by atoms with Crippen LogP contribution in [0.5, 0.6) is 0 Å². The van der Waals surface area contributed by atoms with E-state index in [0.717, 1.165) is 11.8 Å². The first-order chi connectivity index (χ1) is 10.4. The molecule has 1 fully saturated rings. The van der Waals surface area contributed by atoms with Crippen LogP contribution in [0.25, 0.3) is 0 Å². The average molecular weight is 272 g/mol. The highest BCUT2D eigenvalue weighted by molar-refractivity contribution is 5.59. The maximum atomic E-state index is 2.64. The highest BCUT2D eigenvalue weighted by Gasteiger charge is 2.42. The van der Waals surface area contributed by atoms with Crippen molar-refractivity contribution in [2.75, 3.05) is 0 Å². The van der Waals surface area contributed by atoms with E-state index in [1.807, 2.05) is 0 Å². The zero-order chi connectivity index (χ0) is 13.6. The molecule has 2 aromatic rings. The first-order valence-electron chi connectivity index (χ1n) is 8.66. The van der Waals surface area contributed by atoms with Crippen molar-refractivity contribution in [3.63, 3.8) is 0 Å². The summed E-state index contributed by atoms with van der Waals surface area (Å²) < 4.78 is 0. The molecule has 0 spiro atoms. The summed E-state index contributed by atoms with van der Waals surface area (Å²) in [7, 11) is 0. The van der Waals surface area contributed by atoms with Crippen LogP contribution in [-0.4, -0.2) is 0 Å². The van der Waals surface area contributed by atoms with Gasteiger partial charge in [-0.25, -0.2) is 0 Å². The third-order valence-electron chi connectivity index (χ3n) is 6.84. The minimum Gasteiger partial charge on any atom is -0.0620 e. The van der Waals surface area contributed by atoms with E-state index in [9.17, 15) is 0 Å². The van der Waals surface area contributed by atoms with Gasteiger partial charge in [0.15, 0.2) is 0 Å². The van der Waals surface area contributed by atoms with Crippen molar-refractivity contribution in [3.8, 4) is 0 Å². The van der Waals surface area contributed by atoms with E-state index in [0.29, 0.717) is 11.8 Å². The lowest BCUT2D eigenvalue weighted by Gasteiger charge is -2.41. The Balaban J connectivity index is 1.62. The van der Waals surface area contributed by atoms with Crippen LogP contribution in [0.15, 0.2) is 36.4 Å². The fourth-order valence-electron chi connectivity index (χ4n) is 5.96. The van der Waals surface area contributed by atoms with Gasteiger partial charge in [0.2, 0.25) is 0 Å². The molecule has 1 saturated carbocycles. The van der Waals surface area contributed by atoms with Crippen LogP contribution in [0.2, 0.25) is 0 Å². The smallest absolute Gasteiger partial charge is 0.00956 e. The van der Waals surface area contributed by atoms with E-state index in [4.69, 9.17) is 0 Å². The van der Waals surface area contributed by atoms with E-state index in [1.165, 1.54) is 32.1 Å². The summed E-state index contributed by atoms with van der Waals surface area (Å²) in [6, 6.07) is 14.5. The summed E-state index contributed by atoms with van der Waals surface area (Å²) >= 11 is 0. The first-order valence-corrected chi connectivity index (χ1v) is 8.66. The molecular weight excluding hydrogens is 252 g/mol. The molecule has 0 amide bonds. The highest BCUT2D eigenvalue weighted by atomic mass is 14.5. The summed E-state index contributed by atoms with van der Waals surface area (Å²) in [5, 5.41) is 0. The summed E-state index contributed by atoms with van der Waals surface area (Å²) in [5.74, 6) is 3.16. The Morgan fingerprint density at radius 1 is 0.571 bits per heavy atom. The van der Waals surface area contributed by atoms with Crippen molar-refractivity contribution >= 4 is 0 Å². The molecule has 0 heteroatoms. The third kappa shape index (κ3) is 1.24. The summed E-state index contributed by atoms with van der Waals surface area (Å²) in [5.41, 5.74) is 10.1. The van der Waals surface area contributed by atoms with E-state index >= 15 is 0 Å². The maximum absolute atomic E-state index is 2.64. The Morgan fingerprint density at radius 2 is 1.10 bits per heavy atom. The normalized spacial score (nSPS) is 33.7. The predicted octanol–water partition coefficient (Wildman–Crippen LogP) is 5.42. The molecule has 0 aromatic heterocycles. The van der Waals surface area contributed by atoms with Gasteiger partial charge in [0.25, 0.3) is 0 Å².